The van der Waals surface area contributed by atoms with E-state index in [2.05, 4.69) is 5.32 Å². The fourth-order valence-corrected chi connectivity index (χ4v) is 2.05. The number of nitrogens with one attached hydrogen (secondary N) is 1. The van der Waals surface area contributed by atoms with Crippen molar-refractivity contribution in [2.45, 2.75) is 19.4 Å². The minimum Gasteiger partial charge on any atom is -0.497 e. The minimum absolute atomic E-state index is 0.103. The number of benzene rings is 2. The second-order valence-electron chi connectivity index (χ2n) is 4.69. The standard InChI is InChI=1S/C16H17F2NO/c1-11(9-12-5-3-4-6-14(12)17)19-16-10-13(20-2)7-8-15(16)18/h3-8,10-11,19H,9H2,1-2H3. The lowest BCUT2D eigenvalue weighted by Crippen LogP contribution is -2.19. The number of methoxy groups -OCH3 is 1. The molecule has 0 fully saturated rings. The zero-order valence-electron chi connectivity index (χ0n) is 11.5. The lowest BCUT2D eigenvalue weighted by molar-refractivity contribution is 0.414. The zero-order valence-corrected chi connectivity index (χ0v) is 11.5. The highest BCUT2D eigenvalue weighted by Gasteiger charge is 2.10. The van der Waals surface area contributed by atoms with Crippen molar-refractivity contribution in [1.82, 2.24) is 0 Å². The molecule has 0 saturated carbocycles. The molecule has 0 aliphatic rings. The van der Waals surface area contributed by atoms with Gasteiger partial charge in [-0.1, -0.05) is 18.2 Å². The third kappa shape index (κ3) is 3.47. The fraction of sp³-hybridized carbons (Fsp3) is 0.250. The molecule has 0 aliphatic heterocycles. The number of ether oxygens (including phenoxy) is 1. The van der Waals surface area contributed by atoms with E-state index in [1.807, 2.05) is 6.92 Å². The molecular formula is C16H17F2NO. The summed E-state index contributed by atoms with van der Waals surface area (Å²) in [5.41, 5.74) is 0.962. The summed E-state index contributed by atoms with van der Waals surface area (Å²) >= 11 is 0. The monoisotopic (exact) mass is 277 g/mol. The smallest absolute Gasteiger partial charge is 0.146 e. The molecule has 2 nitrogen and oxygen atoms in total. The summed E-state index contributed by atoms with van der Waals surface area (Å²) in [6, 6.07) is 11.0. The molecule has 2 aromatic carbocycles. The molecule has 1 N–H and O–H groups in total. The van der Waals surface area contributed by atoms with E-state index in [1.165, 1.54) is 19.2 Å². The molecule has 0 aromatic heterocycles. The molecule has 0 aliphatic carbocycles. The summed E-state index contributed by atoms with van der Waals surface area (Å²) in [7, 11) is 1.53. The quantitative estimate of drug-likeness (QED) is 0.891. The summed E-state index contributed by atoms with van der Waals surface area (Å²) in [4.78, 5) is 0. The van der Waals surface area contributed by atoms with Crippen LogP contribution in [0.5, 0.6) is 5.75 Å². The Morgan fingerprint density at radius 2 is 1.85 bits per heavy atom. The van der Waals surface area contributed by atoms with Crippen LogP contribution in [0.3, 0.4) is 0 Å². The van der Waals surface area contributed by atoms with Gasteiger partial charge in [-0.15, -0.1) is 0 Å². The molecule has 0 spiro atoms. The van der Waals surface area contributed by atoms with Crippen LogP contribution in [-0.2, 0) is 6.42 Å². The molecule has 106 valence electrons. The van der Waals surface area contributed by atoms with Crippen molar-refractivity contribution in [3.8, 4) is 5.75 Å². The summed E-state index contributed by atoms with van der Waals surface area (Å²) in [6.07, 6.45) is 0.476. The lowest BCUT2D eigenvalue weighted by atomic mass is 10.1. The highest BCUT2D eigenvalue weighted by atomic mass is 19.1. The SMILES string of the molecule is COc1ccc(F)c(NC(C)Cc2ccccc2F)c1. The Morgan fingerprint density at radius 1 is 1.10 bits per heavy atom. The van der Waals surface area contributed by atoms with E-state index in [0.29, 0.717) is 23.4 Å². The maximum Gasteiger partial charge on any atom is 0.146 e. The number of rotatable bonds is 5. The van der Waals surface area contributed by atoms with Crippen molar-refractivity contribution >= 4 is 5.69 Å². The van der Waals surface area contributed by atoms with Crippen LogP contribution in [0, 0.1) is 11.6 Å². The van der Waals surface area contributed by atoms with Crippen LogP contribution in [0.2, 0.25) is 0 Å². The van der Waals surface area contributed by atoms with E-state index in [9.17, 15) is 8.78 Å². The van der Waals surface area contributed by atoms with Crippen molar-refractivity contribution in [2.75, 3.05) is 12.4 Å². The molecule has 2 aromatic rings. The molecule has 0 saturated heterocycles. The predicted molar refractivity (Wildman–Crippen MR) is 76.1 cm³/mol. The Bertz CT molecular complexity index is 586. The van der Waals surface area contributed by atoms with Crippen LogP contribution in [0.1, 0.15) is 12.5 Å². The van der Waals surface area contributed by atoms with Crippen LogP contribution in [0.25, 0.3) is 0 Å². The van der Waals surface area contributed by atoms with Gasteiger partial charge in [0.05, 0.1) is 12.8 Å². The second kappa shape index (κ2) is 6.37. The molecule has 1 unspecified atom stereocenters. The third-order valence-corrected chi connectivity index (χ3v) is 3.06. The molecule has 0 heterocycles. The van der Waals surface area contributed by atoms with Gasteiger partial charge in [0.25, 0.3) is 0 Å². The molecule has 2 rings (SSSR count). The zero-order chi connectivity index (χ0) is 14.5. The highest BCUT2D eigenvalue weighted by molar-refractivity contribution is 5.50. The Balaban J connectivity index is 2.08. The number of hydrogen-bond acceptors (Lipinski definition) is 2. The van der Waals surface area contributed by atoms with E-state index in [-0.39, 0.29) is 17.7 Å². The van der Waals surface area contributed by atoms with Crippen LogP contribution in [0.15, 0.2) is 42.5 Å². The van der Waals surface area contributed by atoms with Crippen LogP contribution < -0.4 is 10.1 Å². The Hall–Kier alpha value is -2.10. The molecule has 0 bridgehead atoms. The van der Waals surface area contributed by atoms with Gasteiger partial charge in [-0.05, 0) is 37.1 Å². The lowest BCUT2D eigenvalue weighted by Gasteiger charge is -2.17. The number of hydrogen-bond donors (Lipinski definition) is 1. The van der Waals surface area contributed by atoms with Crippen molar-refractivity contribution in [3.05, 3.63) is 59.7 Å². The topological polar surface area (TPSA) is 21.3 Å². The van der Waals surface area contributed by atoms with Gasteiger partial charge in [0, 0.05) is 12.1 Å². The average Bonchev–Trinajstić information content (AvgIpc) is 2.44. The summed E-state index contributed by atoms with van der Waals surface area (Å²) < 4.78 is 32.3. The van der Waals surface area contributed by atoms with Crippen molar-refractivity contribution < 1.29 is 13.5 Å². The first kappa shape index (κ1) is 14.3. The van der Waals surface area contributed by atoms with Crippen LogP contribution in [-0.4, -0.2) is 13.2 Å². The molecular weight excluding hydrogens is 260 g/mol. The summed E-state index contributed by atoms with van der Waals surface area (Å²) in [6.45, 7) is 1.88. The summed E-state index contributed by atoms with van der Waals surface area (Å²) in [5.74, 6) is -0.0227. The van der Waals surface area contributed by atoms with Gasteiger partial charge >= 0.3 is 0 Å². The maximum atomic E-state index is 13.7. The van der Waals surface area contributed by atoms with Gasteiger partial charge in [0.1, 0.15) is 17.4 Å². The Morgan fingerprint density at radius 3 is 2.55 bits per heavy atom. The molecule has 0 amide bonds. The first-order valence-corrected chi connectivity index (χ1v) is 6.43. The maximum absolute atomic E-state index is 13.7. The van der Waals surface area contributed by atoms with Gasteiger partial charge in [-0.2, -0.15) is 0 Å². The van der Waals surface area contributed by atoms with Crippen LogP contribution in [0.4, 0.5) is 14.5 Å². The highest BCUT2D eigenvalue weighted by Crippen LogP contribution is 2.22. The van der Waals surface area contributed by atoms with E-state index in [0.717, 1.165) is 0 Å². The third-order valence-electron chi connectivity index (χ3n) is 3.06. The first-order valence-electron chi connectivity index (χ1n) is 6.43. The van der Waals surface area contributed by atoms with Crippen molar-refractivity contribution in [1.29, 1.82) is 0 Å². The largest absolute Gasteiger partial charge is 0.497 e. The van der Waals surface area contributed by atoms with E-state index < -0.39 is 0 Å². The van der Waals surface area contributed by atoms with Crippen molar-refractivity contribution in [2.24, 2.45) is 0 Å². The first-order chi connectivity index (χ1) is 9.60. The second-order valence-corrected chi connectivity index (χ2v) is 4.69. The molecule has 20 heavy (non-hydrogen) atoms. The minimum atomic E-state index is -0.355. The molecule has 1 atom stereocenters. The fourth-order valence-electron chi connectivity index (χ4n) is 2.05. The van der Waals surface area contributed by atoms with Gasteiger partial charge in [0.15, 0.2) is 0 Å². The van der Waals surface area contributed by atoms with E-state index in [4.69, 9.17) is 4.74 Å². The predicted octanol–water partition coefficient (Wildman–Crippen LogP) is 4.02. The Kier molecular flexibility index (Phi) is 4.56. The molecule has 0 radical (unpaired) electrons. The summed E-state index contributed by atoms with van der Waals surface area (Å²) in [5, 5.41) is 3.04. The van der Waals surface area contributed by atoms with Gasteiger partial charge in [-0.25, -0.2) is 8.78 Å². The number of anilines is 1. The van der Waals surface area contributed by atoms with E-state index in [1.54, 1.807) is 30.3 Å². The van der Waals surface area contributed by atoms with Gasteiger partial charge < -0.3 is 10.1 Å². The van der Waals surface area contributed by atoms with Gasteiger partial charge in [0.2, 0.25) is 0 Å². The number of halogens is 2. The molecule has 4 heteroatoms. The van der Waals surface area contributed by atoms with E-state index >= 15 is 0 Å². The van der Waals surface area contributed by atoms with Crippen molar-refractivity contribution in [3.63, 3.8) is 0 Å². The Labute approximate surface area is 117 Å². The van der Waals surface area contributed by atoms with Gasteiger partial charge in [-0.3, -0.25) is 0 Å². The van der Waals surface area contributed by atoms with Crippen LogP contribution >= 0.6 is 0 Å². The normalized spacial score (nSPS) is 12.0. The average molecular weight is 277 g/mol.